The molecular weight excluding hydrogens is 214 g/mol. The Kier molecular flexibility index (Phi) is 4.18. The van der Waals surface area contributed by atoms with Crippen molar-refractivity contribution in [3.8, 4) is 0 Å². The van der Waals surface area contributed by atoms with Crippen molar-refractivity contribution in [1.29, 1.82) is 0 Å². The van der Waals surface area contributed by atoms with Crippen LogP contribution in [0.4, 0.5) is 0 Å². The Morgan fingerprint density at radius 1 is 1.65 bits per heavy atom. The average molecular weight is 237 g/mol. The molecule has 2 heterocycles. The Morgan fingerprint density at radius 3 is 3.18 bits per heavy atom. The highest BCUT2D eigenvalue weighted by atomic mass is 16.3. The van der Waals surface area contributed by atoms with Crippen molar-refractivity contribution in [2.75, 3.05) is 20.1 Å². The van der Waals surface area contributed by atoms with Gasteiger partial charge in [0.05, 0.1) is 5.69 Å². The molecule has 1 aliphatic rings. The molecule has 0 radical (unpaired) electrons. The lowest BCUT2D eigenvalue weighted by Gasteiger charge is -2.28. The monoisotopic (exact) mass is 237 g/mol. The van der Waals surface area contributed by atoms with Crippen LogP contribution in [0.2, 0.25) is 0 Å². The van der Waals surface area contributed by atoms with Crippen molar-refractivity contribution in [1.82, 2.24) is 9.88 Å². The molecule has 2 atom stereocenters. The van der Waals surface area contributed by atoms with Crippen molar-refractivity contribution < 1.29 is 4.42 Å². The second-order valence-corrected chi connectivity index (χ2v) is 5.39. The van der Waals surface area contributed by atoms with E-state index in [4.69, 9.17) is 10.2 Å². The number of nitrogens with zero attached hydrogens (tertiary/aromatic N) is 2. The summed E-state index contributed by atoms with van der Waals surface area (Å²) in [5.41, 5.74) is 6.73. The van der Waals surface area contributed by atoms with Gasteiger partial charge in [0, 0.05) is 25.4 Å². The van der Waals surface area contributed by atoms with Gasteiger partial charge in [-0.05, 0) is 39.3 Å². The maximum Gasteiger partial charge on any atom is 0.194 e. The van der Waals surface area contributed by atoms with Gasteiger partial charge in [-0.15, -0.1) is 0 Å². The molecule has 1 aromatic rings. The Balaban J connectivity index is 1.87. The lowest BCUT2D eigenvalue weighted by Crippen LogP contribution is -2.33. The van der Waals surface area contributed by atoms with E-state index in [1.54, 1.807) is 6.26 Å². The predicted molar refractivity (Wildman–Crippen MR) is 67.8 cm³/mol. The molecule has 0 aromatic carbocycles. The van der Waals surface area contributed by atoms with Gasteiger partial charge in [0.25, 0.3) is 0 Å². The highest BCUT2D eigenvalue weighted by molar-refractivity contribution is 4.99. The topological polar surface area (TPSA) is 55.3 Å². The number of oxazole rings is 1. The molecule has 96 valence electrons. The van der Waals surface area contributed by atoms with Gasteiger partial charge in [0.2, 0.25) is 0 Å². The molecule has 17 heavy (non-hydrogen) atoms. The number of likely N-dealkylation sites (tertiary alicyclic amines) is 1. The van der Waals surface area contributed by atoms with Crippen molar-refractivity contribution in [3.63, 3.8) is 0 Å². The van der Waals surface area contributed by atoms with Crippen molar-refractivity contribution in [3.05, 3.63) is 17.8 Å². The number of nitrogens with two attached hydrogens (primary N) is 1. The molecule has 1 fully saturated rings. The largest absolute Gasteiger partial charge is 0.449 e. The normalized spacial score (nSPS) is 23.8. The molecule has 1 aliphatic heterocycles. The summed E-state index contributed by atoms with van der Waals surface area (Å²) in [5.74, 6) is 1.57. The molecule has 4 heteroatoms. The van der Waals surface area contributed by atoms with Crippen LogP contribution in [0.1, 0.15) is 31.4 Å². The minimum Gasteiger partial charge on any atom is -0.449 e. The van der Waals surface area contributed by atoms with Gasteiger partial charge in [0.1, 0.15) is 6.26 Å². The Bertz CT molecular complexity index is 348. The minimum absolute atomic E-state index is 0.147. The van der Waals surface area contributed by atoms with E-state index in [0.29, 0.717) is 5.92 Å². The van der Waals surface area contributed by atoms with Crippen molar-refractivity contribution in [2.45, 2.75) is 38.6 Å². The molecular formula is C13H23N3O. The molecule has 2 N–H and O–H groups in total. The molecule has 2 rings (SSSR count). The van der Waals surface area contributed by atoms with Gasteiger partial charge in [-0.25, -0.2) is 4.98 Å². The highest BCUT2D eigenvalue weighted by Gasteiger charge is 2.19. The maximum atomic E-state index is 5.75. The summed E-state index contributed by atoms with van der Waals surface area (Å²) < 4.78 is 5.52. The number of hydrogen-bond acceptors (Lipinski definition) is 4. The Labute approximate surface area is 103 Å². The SMILES string of the molecule is CC(N)Cc1coc(CC2CCCN(C)C2)n1. The summed E-state index contributed by atoms with van der Waals surface area (Å²) in [4.78, 5) is 6.89. The number of aromatic nitrogens is 1. The summed E-state index contributed by atoms with van der Waals surface area (Å²) in [7, 11) is 2.18. The van der Waals surface area contributed by atoms with Gasteiger partial charge in [0.15, 0.2) is 5.89 Å². The third-order valence-electron chi connectivity index (χ3n) is 3.32. The zero-order valence-corrected chi connectivity index (χ0v) is 10.9. The molecule has 4 nitrogen and oxygen atoms in total. The van der Waals surface area contributed by atoms with Crippen LogP contribution in [0, 0.1) is 5.92 Å². The first-order valence-corrected chi connectivity index (χ1v) is 6.51. The molecule has 2 unspecified atom stereocenters. The van der Waals surface area contributed by atoms with Crippen molar-refractivity contribution in [2.24, 2.45) is 11.7 Å². The van der Waals surface area contributed by atoms with Crippen LogP contribution in [0.5, 0.6) is 0 Å². The van der Waals surface area contributed by atoms with Gasteiger partial charge >= 0.3 is 0 Å². The van der Waals surface area contributed by atoms with E-state index in [0.717, 1.165) is 31.0 Å². The van der Waals surface area contributed by atoms with E-state index in [2.05, 4.69) is 16.9 Å². The van der Waals surface area contributed by atoms with Gasteiger partial charge in [-0.3, -0.25) is 0 Å². The van der Waals surface area contributed by atoms with E-state index < -0.39 is 0 Å². The highest BCUT2D eigenvalue weighted by Crippen LogP contribution is 2.19. The minimum atomic E-state index is 0.147. The lowest BCUT2D eigenvalue weighted by molar-refractivity contribution is 0.202. The third kappa shape index (κ3) is 3.82. The fraction of sp³-hybridized carbons (Fsp3) is 0.769. The summed E-state index contributed by atoms with van der Waals surface area (Å²) in [5, 5.41) is 0. The quantitative estimate of drug-likeness (QED) is 0.861. The van der Waals surface area contributed by atoms with Crippen LogP contribution in [-0.4, -0.2) is 36.1 Å². The van der Waals surface area contributed by atoms with Crippen LogP contribution in [-0.2, 0) is 12.8 Å². The predicted octanol–water partition coefficient (Wildman–Crippen LogP) is 1.45. The fourth-order valence-electron chi connectivity index (χ4n) is 2.55. The summed E-state index contributed by atoms with van der Waals surface area (Å²) in [6.07, 6.45) is 6.09. The summed E-state index contributed by atoms with van der Waals surface area (Å²) in [6.45, 7) is 4.37. The van der Waals surface area contributed by atoms with Crippen LogP contribution in [0.15, 0.2) is 10.7 Å². The number of rotatable bonds is 4. The molecule has 1 saturated heterocycles. The van der Waals surface area contributed by atoms with Crippen LogP contribution < -0.4 is 5.73 Å². The zero-order valence-electron chi connectivity index (χ0n) is 10.9. The second kappa shape index (κ2) is 5.65. The molecule has 0 aliphatic carbocycles. The average Bonchev–Trinajstić information content (AvgIpc) is 2.64. The number of hydrogen-bond donors (Lipinski definition) is 1. The molecule has 0 amide bonds. The van der Waals surface area contributed by atoms with Crippen molar-refractivity contribution >= 4 is 0 Å². The molecule has 0 spiro atoms. The maximum absolute atomic E-state index is 5.75. The van der Waals surface area contributed by atoms with Gasteiger partial charge in [-0.2, -0.15) is 0 Å². The van der Waals surface area contributed by atoms with E-state index in [1.807, 2.05) is 6.92 Å². The summed E-state index contributed by atoms with van der Waals surface area (Å²) >= 11 is 0. The first kappa shape index (κ1) is 12.6. The van der Waals surface area contributed by atoms with Gasteiger partial charge in [-0.1, -0.05) is 0 Å². The standard InChI is InChI=1S/C13H23N3O/c1-10(14)6-12-9-17-13(15-12)7-11-4-3-5-16(2)8-11/h9-11H,3-8,14H2,1-2H3. The first-order chi connectivity index (χ1) is 8.13. The third-order valence-corrected chi connectivity index (χ3v) is 3.32. The lowest BCUT2D eigenvalue weighted by atomic mass is 9.95. The molecule has 0 bridgehead atoms. The van der Waals surface area contributed by atoms with Gasteiger partial charge < -0.3 is 15.1 Å². The summed E-state index contributed by atoms with van der Waals surface area (Å²) in [6, 6.07) is 0.147. The molecule has 1 aromatic heterocycles. The zero-order chi connectivity index (χ0) is 12.3. The number of piperidine rings is 1. The fourth-order valence-corrected chi connectivity index (χ4v) is 2.55. The first-order valence-electron chi connectivity index (χ1n) is 6.51. The van der Waals surface area contributed by atoms with Crippen LogP contribution in [0.25, 0.3) is 0 Å². The van der Waals surface area contributed by atoms with E-state index >= 15 is 0 Å². The van der Waals surface area contributed by atoms with E-state index in [9.17, 15) is 0 Å². The second-order valence-electron chi connectivity index (χ2n) is 5.39. The Morgan fingerprint density at radius 2 is 2.47 bits per heavy atom. The van der Waals surface area contributed by atoms with E-state index in [-0.39, 0.29) is 6.04 Å². The smallest absolute Gasteiger partial charge is 0.194 e. The molecule has 0 saturated carbocycles. The van der Waals surface area contributed by atoms with Crippen LogP contribution >= 0.6 is 0 Å². The Hall–Kier alpha value is -0.870. The van der Waals surface area contributed by atoms with E-state index in [1.165, 1.54) is 19.4 Å². The van der Waals surface area contributed by atoms with Crippen LogP contribution in [0.3, 0.4) is 0 Å².